The Hall–Kier alpha value is -5.04. The van der Waals surface area contributed by atoms with Gasteiger partial charge in [-0.25, -0.2) is 0 Å². The van der Waals surface area contributed by atoms with E-state index in [1.54, 1.807) is 4.80 Å². The van der Waals surface area contributed by atoms with Crippen LogP contribution in [0.15, 0.2) is 122 Å². The van der Waals surface area contributed by atoms with Gasteiger partial charge in [0.2, 0.25) is 5.82 Å². The van der Waals surface area contributed by atoms with Crippen LogP contribution in [0.1, 0.15) is 42.0 Å². The van der Waals surface area contributed by atoms with Crippen LogP contribution in [0.5, 0.6) is 0 Å². The predicted molar refractivity (Wildman–Crippen MR) is 156 cm³/mol. The van der Waals surface area contributed by atoms with E-state index < -0.39 is 5.54 Å². The number of aromatic nitrogens is 6. The predicted octanol–water partition coefficient (Wildman–Crippen LogP) is 6.35. The lowest BCUT2D eigenvalue weighted by atomic mass is 9.77. The summed E-state index contributed by atoms with van der Waals surface area (Å²) in [5, 5.41) is 19.1. The highest BCUT2D eigenvalue weighted by Crippen LogP contribution is 2.41. The topological polar surface area (TPSA) is 87.4 Å². The van der Waals surface area contributed by atoms with Crippen molar-refractivity contribution in [3.63, 3.8) is 0 Å². The molecular formula is C33H29N7. The first kappa shape index (κ1) is 24.0. The fraction of sp³-hybridized carbons (Fsp3) is 0.152. The molecule has 2 N–H and O–H groups in total. The quantitative estimate of drug-likeness (QED) is 0.195. The minimum absolute atomic E-state index is 0.480. The van der Waals surface area contributed by atoms with E-state index in [2.05, 4.69) is 57.5 Å². The number of anilines is 1. The van der Waals surface area contributed by atoms with Crippen molar-refractivity contribution >= 4 is 5.69 Å². The SMILES string of the molecule is Nc1ccc(-c2cnn(C3CCC3)c2)c(-c2nnn(C(c3ccccc3)(c3ccccc3)c3ccccc3)n2)c1. The van der Waals surface area contributed by atoms with Crippen molar-refractivity contribution in [2.24, 2.45) is 0 Å². The molecule has 1 aliphatic carbocycles. The molecule has 4 aromatic carbocycles. The molecule has 7 nitrogen and oxygen atoms in total. The molecule has 0 spiro atoms. The zero-order valence-electron chi connectivity index (χ0n) is 22.0. The summed E-state index contributed by atoms with van der Waals surface area (Å²) in [5.74, 6) is 0.505. The first-order valence-corrected chi connectivity index (χ1v) is 13.6. The molecule has 1 aliphatic rings. The Bertz CT molecular complexity index is 1640. The third kappa shape index (κ3) is 3.98. The summed E-state index contributed by atoms with van der Waals surface area (Å²) in [6, 6.07) is 37.4. The summed E-state index contributed by atoms with van der Waals surface area (Å²) in [4.78, 5) is 1.74. The van der Waals surface area contributed by atoms with Crippen molar-refractivity contribution in [1.29, 1.82) is 0 Å². The van der Waals surface area contributed by atoms with Gasteiger partial charge in [0.15, 0.2) is 5.54 Å². The first-order chi connectivity index (χ1) is 19.7. The summed E-state index contributed by atoms with van der Waals surface area (Å²) < 4.78 is 2.08. The normalized spacial score (nSPS) is 13.7. The Balaban J connectivity index is 1.42. The number of rotatable bonds is 7. The van der Waals surface area contributed by atoms with E-state index in [-0.39, 0.29) is 0 Å². The molecule has 7 rings (SSSR count). The molecule has 6 aromatic rings. The molecule has 0 radical (unpaired) electrons. The summed E-state index contributed by atoms with van der Waals surface area (Å²) in [5.41, 5.74) is 12.0. The van der Waals surface area contributed by atoms with Crippen LogP contribution >= 0.6 is 0 Å². The summed E-state index contributed by atoms with van der Waals surface area (Å²) in [6.45, 7) is 0. The Kier molecular flexibility index (Phi) is 5.96. The van der Waals surface area contributed by atoms with Gasteiger partial charge in [-0.3, -0.25) is 4.68 Å². The zero-order valence-corrected chi connectivity index (χ0v) is 22.0. The summed E-state index contributed by atoms with van der Waals surface area (Å²) >= 11 is 0. The zero-order chi connectivity index (χ0) is 26.9. The molecule has 1 fully saturated rings. The molecule has 0 saturated heterocycles. The number of benzene rings is 4. The maximum Gasteiger partial charge on any atom is 0.205 e. The van der Waals surface area contributed by atoms with Crippen molar-refractivity contribution < 1.29 is 0 Å². The van der Waals surface area contributed by atoms with E-state index >= 15 is 0 Å². The number of hydrogen-bond acceptors (Lipinski definition) is 5. The van der Waals surface area contributed by atoms with Crippen molar-refractivity contribution in [2.45, 2.75) is 30.8 Å². The second kappa shape index (κ2) is 9.93. The first-order valence-electron chi connectivity index (χ1n) is 13.6. The maximum absolute atomic E-state index is 6.29. The van der Waals surface area contributed by atoms with Gasteiger partial charge in [0.25, 0.3) is 0 Å². The number of hydrogen-bond donors (Lipinski definition) is 1. The second-order valence-electron chi connectivity index (χ2n) is 10.3. The van der Waals surface area contributed by atoms with Gasteiger partial charge in [-0.05, 0) is 58.9 Å². The highest BCUT2D eigenvalue weighted by molar-refractivity contribution is 5.82. The van der Waals surface area contributed by atoms with Crippen LogP contribution in [-0.2, 0) is 5.54 Å². The Morgan fingerprint density at radius 3 is 1.88 bits per heavy atom. The maximum atomic E-state index is 6.29. The number of nitrogens with zero attached hydrogens (tertiary/aromatic N) is 6. The molecule has 40 heavy (non-hydrogen) atoms. The van der Waals surface area contributed by atoms with Crippen LogP contribution in [0, 0.1) is 0 Å². The summed E-state index contributed by atoms with van der Waals surface area (Å²) in [6.07, 6.45) is 7.63. The molecule has 2 aromatic heterocycles. The van der Waals surface area contributed by atoms with Gasteiger partial charge in [-0.2, -0.15) is 5.10 Å². The van der Waals surface area contributed by atoms with Gasteiger partial charge in [0, 0.05) is 23.0 Å². The number of nitrogens with two attached hydrogens (primary N) is 1. The van der Waals surface area contributed by atoms with Crippen molar-refractivity contribution in [3.8, 4) is 22.5 Å². The highest BCUT2D eigenvalue weighted by atomic mass is 15.6. The lowest BCUT2D eigenvalue weighted by Crippen LogP contribution is -2.39. The van der Waals surface area contributed by atoms with Gasteiger partial charge in [0.05, 0.1) is 12.2 Å². The van der Waals surface area contributed by atoms with E-state index in [9.17, 15) is 0 Å². The molecule has 0 atom stereocenters. The largest absolute Gasteiger partial charge is 0.399 e. The van der Waals surface area contributed by atoms with Gasteiger partial charge in [-0.1, -0.05) is 97.1 Å². The molecule has 0 unspecified atom stereocenters. The van der Waals surface area contributed by atoms with Gasteiger partial charge in [-0.15, -0.1) is 15.0 Å². The second-order valence-corrected chi connectivity index (χ2v) is 10.3. The van der Waals surface area contributed by atoms with Crippen LogP contribution in [0.3, 0.4) is 0 Å². The standard InChI is InChI=1S/C33H29N7/c34-28-19-20-30(24-22-35-39(23-24)29-17-10-18-29)31(21-28)32-36-38-40(37-32)33(25-11-4-1-5-12-25,26-13-6-2-7-14-26)27-15-8-3-9-16-27/h1-9,11-16,19-23,29H,10,17-18,34H2. The van der Waals surface area contributed by atoms with E-state index in [0.717, 1.165) is 33.4 Å². The number of nitrogen functional groups attached to an aromatic ring is 1. The molecule has 0 aliphatic heterocycles. The van der Waals surface area contributed by atoms with E-state index in [4.69, 9.17) is 16.0 Å². The molecule has 1 saturated carbocycles. The van der Waals surface area contributed by atoms with Gasteiger partial charge < -0.3 is 5.73 Å². The van der Waals surface area contributed by atoms with Crippen LogP contribution < -0.4 is 5.73 Å². The van der Waals surface area contributed by atoms with Crippen molar-refractivity contribution in [2.75, 3.05) is 5.73 Å². The van der Waals surface area contributed by atoms with Crippen molar-refractivity contribution in [3.05, 3.63) is 138 Å². The Morgan fingerprint density at radius 1 is 0.725 bits per heavy atom. The van der Waals surface area contributed by atoms with Gasteiger partial charge in [0.1, 0.15) is 0 Å². The minimum Gasteiger partial charge on any atom is -0.399 e. The Morgan fingerprint density at radius 2 is 1.32 bits per heavy atom. The third-order valence-electron chi connectivity index (χ3n) is 7.93. The third-order valence-corrected chi connectivity index (χ3v) is 7.93. The minimum atomic E-state index is -0.843. The molecule has 7 heteroatoms. The molecule has 196 valence electrons. The van der Waals surface area contributed by atoms with Crippen molar-refractivity contribution in [1.82, 2.24) is 30.0 Å². The van der Waals surface area contributed by atoms with E-state index in [1.807, 2.05) is 79.0 Å². The highest BCUT2D eigenvalue weighted by Gasteiger charge is 2.41. The van der Waals surface area contributed by atoms with Crippen LogP contribution in [0.4, 0.5) is 5.69 Å². The Labute approximate surface area is 232 Å². The fourth-order valence-electron chi connectivity index (χ4n) is 5.68. The van der Waals surface area contributed by atoms with Crippen LogP contribution in [0.25, 0.3) is 22.5 Å². The molecule has 0 bridgehead atoms. The molecular weight excluding hydrogens is 494 g/mol. The fourth-order valence-corrected chi connectivity index (χ4v) is 5.68. The van der Waals surface area contributed by atoms with E-state index in [0.29, 0.717) is 17.6 Å². The molecule has 2 heterocycles. The van der Waals surface area contributed by atoms with Gasteiger partial charge >= 0.3 is 0 Å². The monoisotopic (exact) mass is 523 g/mol. The lowest BCUT2D eigenvalue weighted by Gasteiger charge is -2.34. The average Bonchev–Trinajstić information content (AvgIpc) is 3.66. The lowest BCUT2D eigenvalue weighted by molar-refractivity contribution is 0.289. The molecule has 0 amide bonds. The summed E-state index contributed by atoms with van der Waals surface area (Å²) in [7, 11) is 0. The average molecular weight is 524 g/mol. The van der Waals surface area contributed by atoms with E-state index in [1.165, 1.54) is 19.3 Å². The van der Waals surface area contributed by atoms with Crippen LogP contribution in [-0.4, -0.2) is 30.0 Å². The number of tetrazole rings is 1. The van der Waals surface area contributed by atoms with Crippen LogP contribution in [0.2, 0.25) is 0 Å². The smallest absolute Gasteiger partial charge is 0.205 e.